The summed E-state index contributed by atoms with van der Waals surface area (Å²) in [7, 11) is -5.44. The summed E-state index contributed by atoms with van der Waals surface area (Å²) in [5.74, 6) is 0. The number of aliphatic hydroxyl groups excluding tert-OH is 7. The van der Waals surface area contributed by atoms with E-state index >= 15 is 0 Å². The first-order chi connectivity index (χ1) is 11.4. The summed E-state index contributed by atoms with van der Waals surface area (Å²) in [4.78, 5) is -0.942. The molecule has 1 heterocycles. The minimum atomic E-state index is -5.44. The molecule has 150 valence electrons. The van der Waals surface area contributed by atoms with Crippen molar-refractivity contribution in [3.05, 3.63) is 0 Å². The molecular weight excluding hydrogens is 435 g/mol. The van der Waals surface area contributed by atoms with E-state index in [9.17, 15) is 48.7 Å². The zero-order valence-electron chi connectivity index (χ0n) is 12.8. The zero-order chi connectivity index (χ0) is 19.5. The van der Waals surface area contributed by atoms with Gasteiger partial charge >= 0.3 is 147 Å². The molecule has 9 atom stereocenters. The van der Waals surface area contributed by atoms with Gasteiger partial charge in [-0.15, -0.1) is 0 Å². The van der Waals surface area contributed by atoms with Crippen molar-refractivity contribution in [1.82, 2.24) is 0 Å². The van der Waals surface area contributed by atoms with Gasteiger partial charge in [0.15, 0.2) is 0 Å². The fraction of sp³-hybridized carbons (Fsp3) is 1.00. The van der Waals surface area contributed by atoms with Gasteiger partial charge in [-0.3, -0.25) is 0 Å². The molecule has 9 N–H and O–H groups in total. The average molecular weight is 458 g/mol. The Labute approximate surface area is 147 Å². The van der Waals surface area contributed by atoms with Crippen molar-refractivity contribution >= 4 is 24.3 Å². The molecule has 1 rings (SSSR count). The van der Waals surface area contributed by atoms with E-state index in [2.05, 4.69) is 4.18 Å². The Balaban J connectivity index is 3.04. The Kier molecular flexibility index (Phi) is 8.62. The van der Waals surface area contributed by atoms with Gasteiger partial charge in [0.25, 0.3) is 0 Å². The fourth-order valence-corrected chi connectivity index (χ4v) is 8.50. The third-order valence-electron chi connectivity index (χ3n) is 3.82. The van der Waals surface area contributed by atoms with Gasteiger partial charge in [-0.2, -0.15) is 0 Å². The first kappa shape index (κ1) is 23.1. The minimum absolute atomic E-state index is 0.140. The predicted octanol–water partition coefficient (Wildman–Crippen LogP) is -5.87. The van der Waals surface area contributed by atoms with Crippen LogP contribution in [0.1, 0.15) is 0 Å². The number of rotatable bonds is 9. The summed E-state index contributed by atoms with van der Waals surface area (Å²) in [6.07, 6.45) is -11.1. The molecule has 12 nitrogen and oxygen atoms in total. The summed E-state index contributed by atoms with van der Waals surface area (Å²) in [5, 5.41) is 73.5. The maximum atomic E-state index is 10.8. The van der Waals surface area contributed by atoms with Crippen molar-refractivity contribution in [3.63, 3.8) is 0 Å². The summed E-state index contributed by atoms with van der Waals surface area (Å²) >= 11 is -2.57. The molecular formula is C11H23O12SSe+. The summed E-state index contributed by atoms with van der Waals surface area (Å²) in [6.45, 7) is -1.42. The molecule has 0 saturated carbocycles. The van der Waals surface area contributed by atoms with Crippen LogP contribution in [-0.4, -0.2) is 123 Å². The molecule has 0 aliphatic carbocycles. The van der Waals surface area contributed by atoms with Crippen molar-refractivity contribution < 1.29 is 58.0 Å². The van der Waals surface area contributed by atoms with E-state index in [0.29, 0.717) is 0 Å². The molecule has 25 heavy (non-hydrogen) atoms. The molecule has 1 saturated heterocycles. The van der Waals surface area contributed by atoms with E-state index < -0.39 is 84.0 Å². The second-order valence-electron chi connectivity index (χ2n) is 5.53. The second kappa shape index (κ2) is 9.32. The van der Waals surface area contributed by atoms with Crippen molar-refractivity contribution in [1.29, 1.82) is 0 Å². The van der Waals surface area contributed by atoms with Gasteiger partial charge < -0.3 is 0 Å². The van der Waals surface area contributed by atoms with Crippen LogP contribution >= 0.6 is 0 Å². The normalized spacial score (nSPS) is 33.6. The van der Waals surface area contributed by atoms with Crippen LogP contribution in [-0.2, 0) is 14.6 Å². The molecule has 0 radical (unpaired) electrons. The Morgan fingerprint density at radius 3 is 2.20 bits per heavy atom. The molecule has 14 heteroatoms. The molecule has 0 amide bonds. The zero-order valence-corrected chi connectivity index (χ0v) is 15.3. The topological polar surface area (TPSA) is 231 Å². The number of aliphatic hydroxyl groups is 7. The number of hydrogen-bond acceptors (Lipinski definition) is 11. The van der Waals surface area contributed by atoms with Crippen molar-refractivity contribution in [2.24, 2.45) is 0 Å². The molecule has 0 aromatic carbocycles. The average Bonchev–Trinajstić information content (AvgIpc) is 2.83. The molecule has 0 aromatic rings. The summed E-state index contributed by atoms with van der Waals surface area (Å²) in [5.41, 5.74) is 0. The third-order valence-corrected chi connectivity index (χ3v) is 10.2. The summed E-state index contributed by atoms with van der Waals surface area (Å²) in [6, 6.07) is 0. The molecule has 2 unspecified atom stereocenters. The van der Waals surface area contributed by atoms with Crippen LogP contribution < -0.4 is 0 Å². The van der Waals surface area contributed by atoms with Crippen molar-refractivity contribution in [3.8, 4) is 0 Å². The van der Waals surface area contributed by atoms with E-state index in [1.54, 1.807) is 0 Å². The molecule has 1 aliphatic rings. The standard InChI is InChI=1S/C11H22O12SSe/c12-1-4(14)8(17)10(23-24(20,21)22)9(18)11(19)25-3-5(15)7(16)6(25)2-13/h4-19H,1-3H2/p+1/t4-,5+,6+,7-,8-,9-,10+,11?,25?/m1/s1. The fourth-order valence-electron chi connectivity index (χ4n) is 2.46. The van der Waals surface area contributed by atoms with E-state index in [1.165, 1.54) is 0 Å². The first-order valence-corrected chi connectivity index (χ1v) is 11.6. The van der Waals surface area contributed by atoms with Crippen LogP contribution in [0.25, 0.3) is 0 Å². The van der Waals surface area contributed by atoms with Gasteiger partial charge in [-0.1, -0.05) is 0 Å². The quantitative estimate of drug-likeness (QED) is 0.0744. The van der Waals surface area contributed by atoms with Gasteiger partial charge in [-0.05, 0) is 0 Å². The Morgan fingerprint density at radius 2 is 1.76 bits per heavy atom. The first-order valence-electron chi connectivity index (χ1n) is 7.11. The molecule has 0 aromatic heterocycles. The second-order valence-corrected chi connectivity index (χ2v) is 11.5. The van der Waals surface area contributed by atoms with E-state index in [0.717, 1.165) is 0 Å². The Hall–Kier alpha value is 0.0695. The van der Waals surface area contributed by atoms with E-state index in [1.807, 2.05) is 0 Å². The molecule has 1 aliphatic heterocycles. The Morgan fingerprint density at radius 1 is 1.20 bits per heavy atom. The maximum absolute atomic E-state index is 10.8. The van der Waals surface area contributed by atoms with Crippen LogP contribution in [0.3, 0.4) is 0 Å². The van der Waals surface area contributed by atoms with Gasteiger partial charge in [0, 0.05) is 0 Å². The van der Waals surface area contributed by atoms with Gasteiger partial charge in [0.05, 0.1) is 0 Å². The van der Waals surface area contributed by atoms with Crippen LogP contribution in [0.2, 0.25) is 10.1 Å². The van der Waals surface area contributed by atoms with Gasteiger partial charge in [-0.25, -0.2) is 0 Å². The summed E-state index contributed by atoms with van der Waals surface area (Å²) < 4.78 is 36.5. The van der Waals surface area contributed by atoms with E-state index in [4.69, 9.17) is 5.11 Å². The van der Waals surface area contributed by atoms with Gasteiger partial charge in [0.1, 0.15) is 0 Å². The van der Waals surface area contributed by atoms with Gasteiger partial charge in [0.2, 0.25) is 0 Å². The van der Waals surface area contributed by atoms with E-state index in [-0.39, 0.29) is 5.32 Å². The molecule has 0 bridgehead atoms. The van der Waals surface area contributed by atoms with Crippen LogP contribution in [0.5, 0.6) is 0 Å². The van der Waals surface area contributed by atoms with Crippen molar-refractivity contribution in [2.75, 3.05) is 13.2 Å². The monoisotopic (exact) mass is 459 g/mol. The third kappa shape index (κ3) is 5.77. The Bertz CT molecular complexity index is 517. The number of hydrogen-bond donors (Lipinski definition) is 7. The molecule has 1 fully saturated rings. The van der Waals surface area contributed by atoms with Crippen molar-refractivity contribution in [2.45, 2.75) is 51.8 Å². The SMILES string of the molecule is O=S(=O)([O-])O[C@@H]([C@H](O)[C@H](O)C[OH2+])[C@@H](O)C(O)[Se+]1C[C@H](O)[C@@H](O)[C@@H]1CO. The molecule has 0 spiro atoms. The van der Waals surface area contributed by atoms with Crippen LogP contribution in [0.4, 0.5) is 0 Å². The van der Waals surface area contributed by atoms with Crippen LogP contribution in [0, 0.1) is 0 Å². The predicted molar refractivity (Wildman–Crippen MR) is 80.5 cm³/mol. The van der Waals surface area contributed by atoms with Crippen LogP contribution in [0.15, 0.2) is 0 Å².